The topological polar surface area (TPSA) is 126 Å². The average molecular weight is 325 g/mol. The van der Waals surface area contributed by atoms with Gasteiger partial charge in [0, 0.05) is 12.5 Å². The summed E-state index contributed by atoms with van der Waals surface area (Å²) in [4.78, 5) is 12.0. The molecule has 1 aromatic rings. The molecular weight excluding hydrogens is 310 g/mol. The Morgan fingerprint density at radius 1 is 1.15 bits per heavy atom. The third-order valence-electron chi connectivity index (χ3n) is 1.90. The van der Waals surface area contributed by atoms with Crippen molar-refractivity contribution in [3.05, 3.63) is 24.2 Å². The molecule has 1 heterocycles. The molecule has 20 heavy (non-hydrogen) atoms. The van der Waals surface area contributed by atoms with E-state index in [-0.39, 0.29) is 5.76 Å². The molecule has 2 N–H and O–H groups in total. The van der Waals surface area contributed by atoms with E-state index in [4.69, 9.17) is 4.42 Å². The molecule has 0 unspecified atom stereocenters. The molecule has 0 aromatic carbocycles. The van der Waals surface area contributed by atoms with Gasteiger partial charge < -0.3 is 4.42 Å². The van der Waals surface area contributed by atoms with Crippen molar-refractivity contribution in [3.63, 3.8) is 0 Å². The summed E-state index contributed by atoms with van der Waals surface area (Å²) in [5.74, 6) is -1.92. The van der Waals surface area contributed by atoms with Gasteiger partial charge in [-0.25, -0.2) is 27.7 Å². The number of nitrogens with zero attached hydrogens (tertiary/aromatic N) is 1. The summed E-state index contributed by atoms with van der Waals surface area (Å²) in [5.41, 5.74) is 4.56. The quantitative estimate of drug-likeness (QED) is 0.595. The molecule has 1 amide bonds. The molecule has 0 aliphatic heterocycles. The largest absolute Gasteiger partial charge is 0.459 e. The lowest BCUT2D eigenvalue weighted by Crippen LogP contribution is -2.54. The fourth-order valence-corrected chi connectivity index (χ4v) is 1.80. The van der Waals surface area contributed by atoms with Crippen LogP contribution in [-0.2, 0) is 19.7 Å². The second-order valence-corrected chi connectivity index (χ2v) is 8.35. The summed E-state index contributed by atoms with van der Waals surface area (Å²) < 4.78 is 49.2. The number of carbonyl (C=O) groups excluding carboxylic acids is 1. The van der Waals surface area contributed by atoms with Crippen LogP contribution >= 0.6 is 0 Å². The van der Waals surface area contributed by atoms with Gasteiger partial charge in [0.15, 0.2) is 25.4 Å². The minimum Gasteiger partial charge on any atom is -0.459 e. The summed E-state index contributed by atoms with van der Waals surface area (Å²) in [6.07, 6.45) is 3.19. The molecule has 0 radical (unpaired) electrons. The zero-order valence-electron chi connectivity index (χ0n) is 10.9. The van der Waals surface area contributed by atoms with Gasteiger partial charge in [-0.15, -0.1) is 0 Å². The predicted molar refractivity (Wildman–Crippen MR) is 70.6 cm³/mol. The van der Waals surface area contributed by atoms with Crippen LogP contribution in [0.4, 0.5) is 0 Å². The molecule has 0 spiro atoms. The number of hydrogen-bond acceptors (Lipinski definition) is 8. The number of nitrogens with one attached hydrogen (secondary N) is 2. The van der Waals surface area contributed by atoms with Crippen LogP contribution in [0.15, 0.2) is 22.8 Å². The number of hydrogen-bond donors (Lipinski definition) is 2. The first-order valence-electron chi connectivity index (χ1n) is 5.29. The van der Waals surface area contributed by atoms with E-state index in [9.17, 15) is 21.6 Å². The van der Waals surface area contributed by atoms with Crippen LogP contribution < -0.4 is 10.9 Å². The van der Waals surface area contributed by atoms with Crippen LogP contribution in [0.5, 0.6) is 0 Å². The molecule has 1 rings (SSSR count). The maximum Gasteiger partial charge on any atom is 0.318 e. The lowest BCUT2D eigenvalue weighted by atomic mass is 10.4. The predicted octanol–water partition coefficient (Wildman–Crippen LogP) is -1.26. The zero-order chi connectivity index (χ0) is 15.4. The first kappa shape index (κ1) is 16.6. The Bertz CT molecular complexity index is 614. The third-order valence-corrected chi connectivity index (χ3v) is 3.21. The van der Waals surface area contributed by atoms with E-state index in [1.165, 1.54) is 18.4 Å². The van der Waals surface area contributed by atoms with Crippen molar-refractivity contribution in [2.75, 3.05) is 24.3 Å². The smallest absolute Gasteiger partial charge is 0.318 e. The molecule has 114 valence electrons. The molecular formula is C9H15N3O6S2. The maximum atomic E-state index is 12.0. The number of hydrazine groups is 2. The van der Waals surface area contributed by atoms with E-state index >= 15 is 0 Å². The van der Waals surface area contributed by atoms with Gasteiger partial charge in [0.2, 0.25) is 0 Å². The monoisotopic (exact) mass is 325 g/mol. The Kier molecular flexibility index (Phi) is 5.28. The zero-order valence-corrected chi connectivity index (χ0v) is 12.5. The van der Waals surface area contributed by atoms with Gasteiger partial charge in [0.05, 0.1) is 6.26 Å². The van der Waals surface area contributed by atoms with Crippen LogP contribution in [0.25, 0.3) is 0 Å². The number of furan rings is 1. The summed E-state index contributed by atoms with van der Waals surface area (Å²) in [6.45, 7) is 0. The minimum atomic E-state index is -3.40. The van der Waals surface area contributed by atoms with Crippen LogP contribution in [0.1, 0.15) is 10.6 Å². The summed E-state index contributed by atoms with van der Waals surface area (Å²) >= 11 is 0. The molecule has 0 bridgehead atoms. The Labute approximate surface area is 116 Å². The number of amides is 1. The number of sulfone groups is 2. The van der Waals surface area contributed by atoms with Crippen molar-refractivity contribution in [1.29, 1.82) is 0 Å². The lowest BCUT2D eigenvalue weighted by Gasteiger charge is -2.22. The molecule has 0 saturated heterocycles. The van der Waals surface area contributed by atoms with Crippen molar-refractivity contribution >= 4 is 25.6 Å². The van der Waals surface area contributed by atoms with Crippen molar-refractivity contribution in [3.8, 4) is 0 Å². The molecule has 11 heteroatoms. The second-order valence-electron chi connectivity index (χ2n) is 4.07. The lowest BCUT2D eigenvalue weighted by molar-refractivity contribution is 0.0526. The minimum absolute atomic E-state index is 0.0768. The summed E-state index contributed by atoms with van der Waals surface area (Å²) in [5, 5.41) is 0.668. The SMILES string of the molecule is CS(=O)(=O)CNN(NCS(C)(=O)=O)C(=O)c1ccco1. The van der Waals surface area contributed by atoms with E-state index in [0.717, 1.165) is 12.5 Å². The second kappa shape index (κ2) is 6.35. The van der Waals surface area contributed by atoms with Gasteiger partial charge in [-0.05, 0) is 12.1 Å². The number of carbonyl (C=O) groups is 1. The standard InChI is InChI=1S/C9H15N3O6S2/c1-19(14,15)6-10-12(11-7-20(2,16)17)9(13)8-4-3-5-18-8/h3-5,10-11H,6-7H2,1-2H3. The molecule has 0 saturated carbocycles. The first-order valence-corrected chi connectivity index (χ1v) is 9.41. The van der Waals surface area contributed by atoms with Crippen LogP contribution in [0.2, 0.25) is 0 Å². The number of rotatable bonds is 7. The van der Waals surface area contributed by atoms with Crippen molar-refractivity contribution < 1.29 is 26.0 Å². The average Bonchev–Trinajstić information content (AvgIpc) is 2.78. The Morgan fingerprint density at radius 3 is 2.00 bits per heavy atom. The van der Waals surface area contributed by atoms with Gasteiger partial charge in [0.25, 0.3) is 0 Å². The fourth-order valence-electron chi connectivity index (χ4n) is 1.07. The Balaban J connectivity index is 2.81. The van der Waals surface area contributed by atoms with Gasteiger partial charge in [-0.3, -0.25) is 4.79 Å². The van der Waals surface area contributed by atoms with Gasteiger partial charge in [-0.1, -0.05) is 0 Å². The normalized spacial score (nSPS) is 12.3. The van der Waals surface area contributed by atoms with E-state index in [1.54, 1.807) is 0 Å². The molecule has 0 fully saturated rings. The van der Waals surface area contributed by atoms with Crippen LogP contribution in [-0.4, -0.2) is 52.1 Å². The molecule has 9 nitrogen and oxygen atoms in total. The third kappa shape index (κ3) is 6.14. The Morgan fingerprint density at radius 2 is 1.65 bits per heavy atom. The fraction of sp³-hybridized carbons (Fsp3) is 0.444. The molecule has 1 aromatic heterocycles. The van der Waals surface area contributed by atoms with Gasteiger partial charge in [0.1, 0.15) is 11.8 Å². The molecule has 0 aliphatic carbocycles. The van der Waals surface area contributed by atoms with E-state index in [0.29, 0.717) is 5.12 Å². The highest BCUT2D eigenvalue weighted by Crippen LogP contribution is 2.02. The van der Waals surface area contributed by atoms with Crippen molar-refractivity contribution in [1.82, 2.24) is 16.0 Å². The highest BCUT2D eigenvalue weighted by Gasteiger charge is 2.20. The highest BCUT2D eigenvalue weighted by atomic mass is 32.2. The molecule has 0 atom stereocenters. The Hall–Kier alpha value is -1.43. The highest BCUT2D eigenvalue weighted by molar-refractivity contribution is 7.90. The van der Waals surface area contributed by atoms with E-state index < -0.39 is 37.3 Å². The first-order chi connectivity index (χ1) is 9.08. The van der Waals surface area contributed by atoms with Crippen molar-refractivity contribution in [2.45, 2.75) is 0 Å². The molecule has 0 aliphatic rings. The van der Waals surface area contributed by atoms with E-state index in [1.807, 2.05) is 0 Å². The van der Waals surface area contributed by atoms with E-state index in [2.05, 4.69) is 10.9 Å². The van der Waals surface area contributed by atoms with Crippen LogP contribution in [0.3, 0.4) is 0 Å². The van der Waals surface area contributed by atoms with Gasteiger partial charge >= 0.3 is 5.91 Å². The van der Waals surface area contributed by atoms with Crippen molar-refractivity contribution in [2.24, 2.45) is 0 Å². The summed E-state index contributed by atoms with van der Waals surface area (Å²) in [7, 11) is -6.80. The summed E-state index contributed by atoms with van der Waals surface area (Å²) in [6, 6.07) is 2.83. The maximum absolute atomic E-state index is 12.0. The van der Waals surface area contributed by atoms with Gasteiger partial charge in [-0.2, -0.15) is 5.12 Å². The van der Waals surface area contributed by atoms with Crippen LogP contribution in [0, 0.1) is 0 Å².